The van der Waals surface area contributed by atoms with E-state index in [1.807, 2.05) is 26.1 Å². The van der Waals surface area contributed by atoms with Gasteiger partial charge in [-0.2, -0.15) is 0 Å². The van der Waals surface area contributed by atoms with Gasteiger partial charge in [-0.15, -0.1) is 12.4 Å². The zero-order valence-electron chi connectivity index (χ0n) is 10.1. The number of phenolic OH excluding ortho intramolecular Hbond substituents is 1. The summed E-state index contributed by atoms with van der Waals surface area (Å²) in [6, 6.07) is 7.78. The summed E-state index contributed by atoms with van der Waals surface area (Å²) in [5.41, 5.74) is 6.86. The third-order valence-corrected chi connectivity index (χ3v) is 2.59. The molecular formula is C12H21ClN2O. The molecular weight excluding hydrogens is 224 g/mol. The lowest BCUT2D eigenvalue weighted by molar-refractivity contribution is 0.249. The Labute approximate surface area is 104 Å². The van der Waals surface area contributed by atoms with Gasteiger partial charge >= 0.3 is 0 Å². The average Bonchev–Trinajstić information content (AvgIpc) is 2.15. The molecule has 0 bridgehead atoms. The molecule has 16 heavy (non-hydrogen) atoms. The summed E-state index contributed by atoms with van der Waals surface area (Å²) in [6.45, 7) is 4.94. The first-order chi connectivity index (χ1) is 7.00. The van der Waals surface area contributed by atoms with E-state index in [1.165, 1.54) is 0 Å². The molecule has 3 N–H and O–H groups in total. The van der Waals surface area contributed by atoms with E-state index in [1.54, 1.807) is 12.1 Å². The van der Waals surface area contributed by atoms with E-state index in [9.17, 15) is 5.11 Å². The Morgan fingerprint density at radius 3 is 2.50 bits per heavy atom. The summed E-state index contributed by atoms with van der Waals surface area (Å²) >= 11 is 0. The number of aromatic hydroxyl groups is 1. The fourth-order valence-corrected chi connectivity index (χ4v) is 1.65. The van der Waals surface area contributed by atoms with Gasteiger partial charge in [-0.3, -0.25) is 4.90 Å². The Bertz CT molecular complexity index is 318. The second-order valence-electron chi connectivity index (χ2n) is 4.19. The first-order valence-corrected chi connectivity index (χ1v) is 5.25. The monoisotopic (exact) mass is 244 g/mol. The van der Waals surface area contributed by atoms with Gasteiger partial charge in [-0.25, -0.2) is 0 Å². The van der Waals surface area contributed by atoms with E-state index >= 15 is 0 Å². The van der Waals surface area contributed by atoms with Gasteiger partial charge in [-0.1, -0.05) is 12.1 Å². The fraction of sp³-hybridized carbons (Fsp3) is 0.500. The van der Waals surface area contributed by atoms with E-state index in [-0.39, 0.29) is 24.5 Å². The van der Waals surface area contributed by atoms with Gasteiger partial charge < -0.3 is 10.8 Å². The van der Waals surface area contributed by atoms with Crippen LogP contribution in [0.5, 0.6) is 5.75 Å². The van der Waals surface area contributed by atoms with Crippen LogP contribution in [0.4, 0.5) is 0 Å². The molecule has 0 heterocycles. The smallest absolute Gasteiger partial charge is 0.115 e. The number of likely N-dealkylation sites (N-methyl/N-ethyl adjacent to an activating group) is 1. The highest BCUT2D eigenvalue weighted by atomic mass is 35.5. The number of halogens is 1. The molecule has 3 nitrogen and oxygen atoms in total. The molecule has 0 fully saturated rings. The first kappa shape index (κ1) is 15.2. The SMILES string of the molecule is CC(N)CN(C)C(C)c1cccc(O)c1.Cl. The maximum absolute atomic E-state index is 9.38. The molecule has 2 atom stereocenters. The number of benzene rings is 1. The van der Waals surface area contributed by atoms with Crippen molar-refractivity contribution in [3.8, 4) is 5.75 Å². The van der Waals surface area contributed by atoms with Crippen molar-refractivity contribution in [3.05, 3.63) is 29.8 Å². The predicted octanol–water partition coefficient (Wildman–Crippen LogP) is 2.15. The lowest BCUT2D eigenvalue weighted by Gasteiger charge is -2.26. The van der Waals surface area contributed by atoms with Crippen LogP contribution in [-0.4, -0.2) is 29.6 Å². The molecule has 0 aromatic heterocycles. The largest absolute Gasteiger partial charge is 0.508 e. The van der Waals surface area contributed by atoms with E-state index in [0.717, 1.165) is 12.1 Å². The summed E-state index contributed by atoms with van der Waals surface area (Å²) in [5.74, 6) is 0.313. The summed E-state index contributed by atoms with van der Waals surface area (Å²) in [5, 5.41) is 9.38. The van der Waals surface area contributed by atoms with Gasteiger partial charge in [0, 0.05) is 18.6 Å². The van der Waals surface area contributed by atoms with Crippen molar-refractivity contribution in [3.63, 3.8) is 0 Å². The van der Waals surface area contributed by atoms with E-state index in [4.69, 9.17) is 5.73 Å². The molecule has 0 aliphatic rings. The average molecular weight is 245 g/mol. The van der Waals surface area contributed by atoms with Gasteiger partial charge in [0.2, 0.25) is 0 Å². The molecule has 1 aromatic carbocycles. The molecule has 0 saturated heterocycles. The van der Waals surface area contributed by atoms with E-state index < -0.39 is 0 Å². The summed E-state index contributed by atoms with van der Waals surface area (Å²) in [6.07, 6.45) is 0. The van der Waals surface area contributed by atoms with Crippen molar-refractivity contribution < 1.29 is 5.11 Å². The van der Waals surface area contributed by atoms with Crippen LogP contribution in [0, 0.1) is 0 Å². The molecule has 92 valence electrons. The van der Waals surface area contributed by atoms with Crippen LogP contribution >= 0.6 is 12.4 Å². The Balaban J connectivity index is 0.00000225. The zero-order valence-corrected chi connectivity index (χ0v) is 10.9. The van der Waals surface area contributed by atoms with Gasteiger partial charge in [0.25, 0.3) is 0 Å². The Kier molecular flexibility index (Phi) is 6.41. The van der Waals surface area contributed by atoms with E-state index in [0.29, 0.717) is 5.75 Å². The number of nitrogens with zero attached hydrogens (tertiary/aromatic N) is 1. The molecule has 2 unspecified atom stereocenters. The second kappa shape index (κ2) is 6.74. The molecule has 0 aliphatic carbocycles. The van der Waals surface area contributed by atoms with Crippen LogP contribution in [0.15, 0.2) is 24.3 Å². The maximum atomic E-state index is 9.38. The molecule has 0 spiro atoms. The minimum absolute atomic E-state index is 0. The quantitative estimate of drug-likeness (QED) is 0.854. The first-order valence-electron chi connectivity index (χ1n) is 5.25. The Hall–Kier alpha value is -0.770. The summed E-state index contributed by atoms with van der Waals surface area (Å²) in [4.78, 5) is 2.18. The van der Waals surface area contributed by atoms with Crippen LogP contribution in [0.25, 0.3) is 0 Å². The number of hydrogen-bond donors (Lipinski definition) is 2. The van der Waals surface area contributed by atoms with Crippen LogP contribution in [0.3, 0.4) is 0 Å². The minimum atomic E-state index is 0. The highest BCUT2D eigenvalue weighted by Crippen LogP contribution is 2.21. The second-order valence-corrected chi connectivity index (χ2v) is 4.19. The summed E-state index contributed by atoms with van der Waals surface area (Å²) < 4.78 is 0. The van der Waals surface area contributed by atoms with E-state index in [2.05, 4.69) is 11.8 Å². The topological polar surface area (TPSA) is 49.5 Å². The minimum Gasteiger partial charge on any atom is -0.508 e. The van der Waals surface area contributed by atoms with Gasteiger partial charge in [0.15, 0.2) is 0 Å². The molecule has 4 heteroatoms. The lowest BCUT2D eigenvalue weighted by Crippen LogP contribution is -2.34. The molecule has 1 aromatic rings. The predicted molar refractivity (Wildman–Crippen MR) is 70.0 cm³/mol. The van der Waals surface area contributed by atoms with Crippen molar-refractivity contribution in [2.45, 2.75) is 25.9 Å². The van der Waals surface area contributed by atoms with Crippen molar-refractivity contribution in [1.29, 1.82) is 0 Å². The number of rotatable bonds is 4. The number of nitrogens with two attached hydrogens (primary N) is 1. The number of hydrogen-bond acceptors (Lipinski definition) is 3. The zero-order chi connectivity index (χ0) is 11.4. The molecule has 1 rings (SSSR count). The standard InChI is InChI=1S/C12H20N2O.ClH/c1-9(13)8-14(3)10(2)11-5-4-6-12(15)7-11;/h4-7,9-10,15H,8,13H2,1-3H3;1H. The third-order valence-electron chi connectivity index (χ3n) is 2.59. The van der Waals surface area contributed by atoms with Gasteiger partial charge in [0.1, 0.15) is 5.75 Å². The fourth-order valence-electron chi connectivity index (χ4n) is 1.65. The summed E-state index contributed by atoms with van der Waals surface area (Å²) in [7, 11) is 2.04. The lowest BCUT2D eigenvalue weighted by atomic mass is 10.1. The van der Waals surface area contributed by atoms with Crippen LogP contribution in [0.2, 0.25) is 0 Å². The Morgan fingerprint density at radius 1 is 1.38 bits per heavy atom. The van der Waals surface area contributed by atoms with Crippen LogP contribution in [0.1, 0.15) is 25.5 Å². The van der Waals surface area contributed by atoms with Crippen LogP contribution in [-0.2, 0) is 0 Å². The Morgan fingerprint density at radius 2 is 2.00 bits per heavy atom. The van der Waals surface area contributed by atoms with Gasteiger partial charge in [-0.05, 0) is 38.6 Å². The number of phenols is 1. The molecule has 0 amide bonds. The van der Waals surface area contributed by atoms with Crippen molar-refractivity contribution in [2.75, 3.05) is 13.6 Å². The van der Waals surface area contributed by atoms with Crippen molar-refractivity contribution in [2.24, 2.45) is 5.73 Å². The van der Waals surface area contributed by atoms with Gasteiger partial charge in [0.05, 0.1) is 0 Å². The molecule has 0 saturated carbocycles. The van der Waals surface area contributed by atoms with Crippen molar-refractivity contribution in [1.82, 2.24) is 4.90 Å². The normalized spacial score (nSPS) is 14.3. The molecule has 0 aliphatic heterocycles. The molecule has 0 radical (unpaired) electrons. The van der Waals surface area contributed by atoms with Crippen molar-refractivity contribution >= 4 is 12.4 Å². The maximum Gasteiger partial charge on any atom is 0.115 e. The third kappa shape index (κ3) is 4.39. The highest BCUT2D eigenvalue weighted by molar-refractivity contribution is 5.85. The van der Waals surface area contributed by atoms with Crippen LogP contribution < -0.4 is 5.73 Å². The highest BCUT2D eigenvalue weighted by Gasteiger charge is 2.12.